The van der Waals surface area contributed by atoms with Gasteiger partial charge in [0.15, 0.2) is 0 Å². The Bertz CT molecular complexity index is 1140. The van der Waals surface area contributed by atoms with Gasteiger partial charge in [0, 0.05) is 19.2 Å². The van der Waals surface area contributed by atoms with Crippen molar-refractivity contribution in [3.63, 3.8) is 0 Å². The minimum absolute atomic E-state index is 0.137. The molecule has 0 unspecified atom stereocenters. The van der Waals surface area contributed by atoms with Crippen LogP contribution >= 0.6 is 0 Å². The van der Waals surface area contributed by atoms with E-state index in [9.17, 15) is 13.2 Å². The van der Waals surface area contributed by atoms with E-state index in [1.54, 1.807) is 50.6 Å². The van der Waals surface area contributed by atoms with Crippen molar-refractivity contribution in [2.45, 2.75) is 18.4 Å². The Morgan fingerprint density at radius 2 is 1.60 bits per heavy atom. The second kappa shape index (κ2) is 9.00. The third-order valence-electron chi connectivity index (χ3n) is 4.68. The number of hydrogen-bond acceptors (Lipinski definition) is 4. The zero-order valence-corrected chi connectivity index (χ0v) is 17.9. The summed E-state index contributed by atoms with van der Waals surface area (Å²) in [5.74, 6) is 0.383. The number of para-hydroxylation sites is 2. The van der Waals surface area contributed by atoms with Gasteiger partial charge in [0.2, 0.25) is 0 Å². The molecule has 0 bridgehead atoms. The fraction of sp³-hybridized carbons (Fsp3) is 0.174. The molecule has 0 aliphatic carbocycles. The van der Waals surface area contributed by atoms with Crippen LogP contribution in [0.5, 0.6) is 5.75 Å². The smallest absolute Gasteiger partial charge is 0.261 e. The average molecular weight is 425 g/mol. The average Bonchev–Trinajstić information content (AvgIpc) is 2.74. The van der Waals surface area contributed by atoms with Gasteiger partial charge in [-0.25, -0.2) is 8.42 Å². The molecule has 0 aliphatic heterocycles. The number of methoxy groups -OCH3 is 1. The zero-order valence-electron chi connectivity index (χ0n) is 17.1. The number of carbonyl (C=O) groups is 1. The number of aryl methyl sites for hydroxylation is 1. The molecule has 3 aromatic carbocycles. The molecule has 0 aliphatic rings. The predicted octanol–water partition coefficient (Wildman–Crippen LogP) is 4.08. The van der Waals surface area contributed by atoms with E-state index in [0.29, 0.717) is 12.3 Å². The lowest BCUT2D eigenvalue weighted by atomic mass is 10.1. The predicted molar refractivity (Wildman–Crippen MR) is 117 cm³/mol. The van der Waals surface area contributed by atoms with Gasteiger partial charge in [-0.1, -0.05) is 48.0 Å². The highest BCUT2D eigenvalue weighted by atomic mass is 32.2. The minimum Gasteiger partial charge on any atom is -0.496 e. The highest BCUT2D eigenvalue weighted by molar-refractivity contribution is 7.92. The summed E-state index contributed by atoms with van der Waals surface area (Å²) in [4.78, 5) is 14.7. The topological polar surface area (TPSA) is 75.7 Å². The number of hydrogen-bond donors (Lipinski definition) is 1. The maximum absolute atomic E-state index is 13.1. The van der Waals surface area contributed by atoms with E-state index < -0.39 is 10.0 Å². The lowest BCUT2D eigenvalue weighted by molar-refractivity contribution is 0.0785. The summed E-state index contributed by atoms with van der Waals surface area (Å²) in [6.07, 6.45) is 0. The monoisotopic (exact) mass is 424 g/mol. The van der Waals surface area contributed by atoms with Gasteiger partial charge in [-0.3, -0.25) is 9.52 Å². The van der Waals surface area contributed by atoms with Crippen molar-refractivity contribution in [1.82, 2.24) is 4.90 Å². The van der Waals surface area contributed by atoms with Crippen molar-refractivity contribution in [1.29, 1.82) is 0 Å². The van der Waals surface area contributed by atoms with Gasteiger partial charge in [0.25, 0.3) is 15.9 Å². The van der Waals surface area contributed by atoms with Gasteiger partial charge in [-0.05, 0) is 37.3 Å². The van der Waals surface area contributed by atoms with Gasteiger partial charge >= 0.3 is 0 Å². The third-order valence-corrected chi connectivity index (χ3v) is 6.06. The molecule has 3 rings (SSSR count). The van der Waals surface area contributed by atoms with Crippen molar-refractivity contribution < 1.29 is 17.9 Å². The molecule has 7 heteroatoms. The van der Waals surface area contributed by atoms with Crippen molar-refractivity contribution in [3.8, 4) is 5.75 Å². The molecule has 0 fully saturated rings. The highest BCUT2D eigenvalue weighted by Gasteiger charge is 2.21. The molecule has 0 heterocycles. The van der Waals surface area contributed by atoms with E-state index in [4.69, 9.17) is 4.74 Å². The summed E-state index contributed by atoms with van der Waals surface area (Å²) < 4.78 is 33.5. The van der Waals surface area contributed by atoms with E-state index in [-0.39, 0.29) is 22.1 Å². The fourth-order valence-electron chi connectivity index (χ4n) is 3.05. The maximum Gasteiger partial charge on any atom is 0.261 e. The summed E-state index contributed by atoms with van der Waals surface area (Å²) in [5.41, 5.74) is 2.32. The summed E-state index contributed by atoms with van der Waals surface area (Å²) in [6.45, 7) is 2.21. The maximum atomic E-state index is 13.1. The molecule has 1 N–H and O–H groups in total. The molecule has 30 heavy (non-hydrogen) atoms. The van der Waals surface area contributed by atoms with Crippen molar-refractivity contribution >= 4 is 21.6 Å². The number of rotatable bonds is 7. The minimum atomic E-state index is -3.82. The van der Waals surface area contributed by atoms with Gasteiger partial charge in [0.1, 0.15) is 5.75 Å². The molecule has 0 spiro atoms. The van der Waals surface area contributed by atoms with E-state index in [2.05, 4.69) is 4.72 Å². The summed E-state index contributed by atoms with van der Waals surface area (Å²) in [6, 6.07) is 20.6. The number of anilines is 1. The number of amides is 1. The van der Waals surface area contributed by atoms with Crippen molar-refractivity contribution in [2.24, 2.45) is 0 Å². The second-order valence-corrected chi connectivity index (χ2v) is 8.62. The first-order valence-electron chi connectivity index (χ1n) is 9.37. The first-order valence-corrected chi connectivity index (χ1v) is 10.9. The first kappa shape index (κ1) is 21.4. The Hall–Kier alpha value is -3.32. The molecule has 0 saturated heterocycles. The fourth-order valence-corrected chi connectivity index (χ4v) is 4.13. The standard InChI is InChI=1S/C23H24N2O4S/c1-17-12-14-19(15-13-17)30(27,28)24-21-10-6-5-9-20(21)23(26)25(2)16-18-8-4-7-11-22(18)29-3/h4-15,24H,16H2,1-3H3. The van der Waals surface area contributed by atoms with Crippen molar-refractivity contribution in [3.05, 3.63) is 89.5 Å². The Balaban J connectivity index is 1.85. The molecule has 0 saturated carbocycles. The van der Waals surface area contributed by atoms with Crippen LogP contribution < -0.4 is 9.46 Å². The first-order chi connectivity index (χ1) is 14.3. The summed E-state index contributed by atoms with van der Waals surface area (Å²) in [5, 5.41) is 0. The molecule has 6 nitrogen and oxygen atoms in total. The molecule has 3 aromatic rings. The Morgan fingerprint density at radius 1 is 0.967 bits per heavy atom. The lowest BCUT2D eigenvalue weighted by Gasteiger charge is -2.21. The summed E-state index contributed by atoms with van der Waals surface area (Å²) in [7, 11) is -0.576. The Morgan fingerprint density at radius 3 is 2.30 bits per heavy atom. The number of sulfonamides is 1. The largest absolute Gasteiger partial charge is 0.496 e. The van der Waals surface area contributed by atoms with Gasteiger partial charge < -0.3 is 9.64 Å². The van der Waals surface area contributed by atoms with Crippen LogP contribution in [0.3, 0.4) is 0 Å². The van der Waals surface area contributed by atoms with E-state index in [1.165, 1.54) is 17.0 Å². The molecule has 0 aromatic heterocycles. The van der Waals surface area contributed by atoms with Crippen LogP contribution in [0.1, 0.15) is 21.5 Å². The normalized spacial score (nSPS) is 11.0. The number of benzene rings is 3. The zero-order chi connectivity index (χ0) is 21.7. The SMILES string of the molecule is COc1ccccc1CN(C)C(=O)c1ccccc1NS(=O)(=O)c1ccc(C)cc1. The number of nitrogens with zero attached hydrogens (tertiary/aromatic N) is 1. The van der Waals surface area contributed by atoms with Gasteiger partial charge in [-0.15, -0.1) is 0 Å². The quantitative estimate of drug-likeness (QED) is 0.620. The van der Waals surface area contributed by atoms with E-state index in [1.807, 2.05) is 31.2 Å². The van der Waals surface area contributed by atoms with E-state index in [0.717, 1.165) is 11.1 Å². The molecule has 156 valence electrons. The Kier molecular flexibility index (Phi) is 6.42. The van der Waals surface area contributed by atoms with Crippen LogP contribution in [0.25, 0.3) is 0 Å². The van der Waals surface area contributed by atoms with Crippen LogP contribution in [0.4, 0.5) is 5.69 Å². The van der Waals surface area contributed by atoms with Crippen LogP contribution in [0, 0.1) is 6.92 Å². The molecule has 0 atom stereocenters. The van der Waals surface area contributed by atoms with Crippen LogP contribution in [0.15, 0.2) is 77.7 Å². The second-order valence-electron chi connectivity index (χ2n) is 6.94. The Labute approximate surface area is 177 Å². The molecular formula is C23H24N2O4S. The van der Waals surface area contributed by atoms with Crippen molar-refractivity contribution in [2.75, 3.05) is 18.9 Å². The van der Waals surface area contributed by atoms with Gasteiger partial charge in [-0.2, -0.15) is 0 Å². The summed E-state index contributed by atoms with van der Waals surface area (Å²) >= 11 is 0. The van der Waals surface area contributed by atoms with Gasteiger partial charge in [0.05, 0.1) is 23.3 Å². The highest BCUT2D eigenvalue weighted by Crippen LogP contribution is 2.24. The third kappa shape index (κ3) is 4.80. The van der Waals surface area contributed by atoms with Crippen LogP contribution in [-0.4, -0.2) is 33.4 Å². The number of carbonyl (C=O) groups excluding carboxylic acids is 1. The van der Waals surface area contributed by atoms with E-state index >= 15 is 0 Å². The number of ether oxygens (including phenoxy) is 1. The van der Waals surface area contributed by atoms with Crippen LogP contribution in [-0.2, 0) is 16.6 Å². The number of nitrogens with one attached hydrogen (secondary N) is 1. The molecule has 1 amide bonds. The molecule has 0 radical (unpaired) electrons. The molecular weight excluding hydrogens is 400 g/mol. The van der Waals surface area contributed by atoms with Crippen LogP contribution in [0.2, 0.25) is 0 Å². The lowest BCUT2D eigenvalue weighted by Crippen LogP contribution is -2.27.